The minimum absolute atomic E-state index is 0.185. The molecular formula is C18H19ClF2N2O5S. The van der Waals surface area contributed by atoms with Gasteiger partial charge in [-0.1, -0.05) is 11.6 Å². The summed E-state index contributed by atoms with van der Waals surface area (Å²) in [4.78, 5) is 12.8. The van der Waals surface area contributed by atoms with Gasteiger partial charge >= 0.3 is 0 Å². The monoisotopic (exact) mass is 448 g/mol. The molecule has 11 heteroatoms. The molecule has 2 aromatic rings. The van der Waals surface area contributed by atoms with E-state index in [1.807, 2.05) is 0 Å². The van der Waals surface area contributed by atoms with Crippen molar-refractivity contribution < 1.29 is 31.5 Å². The summed E-state index contributed by atoms with van der Waals surface area (Å²) in [6.45, 7) is 1.30. The maximum absolute atomic E-state index is 13.6. The van der Waals surface area contributed by atoms with E-state index in [1.165, 1.54) is 33.3 Å². The molecule has 158 valence electrons. The third-order valence-electron chi connectivity index (χ3n) is 3.98. The minimum Gasteiger partial charge on any atom is -0.495 e. The lowest BCUT2D eigenvalue weighted by Crippen LogP contribution is -2.45. The predicted octanol–water partition coefficient (Wildman–Crippen LogP) is 3.43. The number of carbonyl (C=O) groups excluding carboxylic acids is 1. The summed E-state index contributed by atoms with van der Waals surface area (Å²) >= 11 is 6.03. The summed E-state index contributed by atoms with van der Waals surface area (Å²) in [7, 11) is -1.27. The summed E-state index contributed by atoms with van der Waals surface area (Å²) in [6.07, 6.45) is 0.851. The van der Waals surface area contributed by atoms with Gasteiger partial charge in [-0.3, -0.25) is 9.10 Å². The van der Waals surface area contributed by atoms with E-state index in [0.29, 0.717) is 10.4 Å². The van der Waals surface area contributed by atoms with Gasteiger partial charge in [0.05, 0.1) is 36.9 Å². The molecule has 1 N–H and O–H groups in total. The van der Waals surface area contributed by atoms with Gasteiger partial charge in [0.25, 0.3) is 0 Å². The molecule has 0 aliphatic carbocycles. The van der Waals surface area contributed by atoms with Crippen LogP contribution >= 0.6 is 11.6 Å². The molecule has 1 atom stereocenters. The first-order valence-electron chi connectivity index (χ1n) is 8.16. The molecule has 0 aliphatic heterocycles. The van der Waals surface area contributed by atoms with Crippen LogP contribution in [-0.2, 0) is 14.8 Å². The number of halogens is 3. The summed E-state index contributed by atoms with van der Waals surface area (Å²) < 4.78 is 62.3. The van der Waals surface area contributed by atoms with Crippen LogP contribution in [0.1, 0.15) is 6.92 Å². The second kappa shape index (κ2) is 8.83. The zero-order chi connectivity index (χ0) is 21.9. The van der Waals surface area contributed by atoms with E-state index in [0.717, 1.165) is 18.4 Å². The Morgan fingerprint density at radius 3 is 2.24 bits per heavy atom. The molecule has 1 unspecified atom stereocenters. The smallest absolute Gasteiger partial charge is 0.248 e. The maximum atomic E-state index is 13.6. The zero-order valence-electron chi connectivity index (χ0n) is 16.0. The van der Waals surface area contributed by atoms with Crippen molar-refractivity contribution in [2.24, 2.45) is 0 Å². The van der Waals surface area contributed by atoms with Crippen LogP contribution < -0.4 is 19.1 Å². The van der Waals surface area contributed by atoms with Gasteiger partial charge in [0.1, 0.15) is 17.5 Å². The normalized spacial score (nSPS) is 12.2. The van der Waals surface area contributed by atoms with Gasteiger partial charge in [-0.15, -0.1) is 0 Å². The molecule has 0 saturated heterocycles. The van der Waals surface area contributed by atoms with E-state index in [1.54, 1.807) is 0 Å². The van der Waals surface area contributed by atoms with Crippen LogP contribution in [0.3, 0.4) is 0 Å². The number of amides is 1. The number of benzene rings is 2. The van der Waals surface area contributed by atoms with Crippen LogP contribution in [0.25, 0.3) is 0 Å². The van der Waals surface area contributed by atoms with E-state index in [-0.39, 0.29) is 27.9 Å². The lowest BCUT2D eigenvalue weighted by atomic mass is 10.2. The van der Waals surface area contributed by atoms with Crippen LogP contribution in [0.15, 0.2) is 30.3 Å². The van der Waals surface area contributed by atoms with E-state index >= 15 is 0 Å². The van der Waals surface area contributed by atoms with Crippen LogP contribution in [0.5, 0.6) is 11.5 Å². The molecule has 2 aromatic carbocycles. The third kappa shape index (κ3) is 5.07. The summed E-state index contributed by atoms with van der Waals surface area (Å²) in [6, 6.07) is 4.07. The Morgan fingerprint density at radius 1 is 1.10 bits per heavy atom. The van der Waals surface area contributed by atoms with Gasteiger partial charge in [-0.2, -0.15) is 0 Å². The molecule has 0 aliphatic rings. The lowest BCUT2D eigenvalue weighted by Gasteiger charge is -2.28. The molecule has 1 amide bonds. The first-order valence-corrected chi connectivity index (χ1v) is 10.4. The molecule has 0 heterocycles. The van der Waals surface area contributed by atoms with E-state index in [9.17, 15) is 22.0 Å². The summed E-state index contributed by atoms with van der Waals surface area (Å²) in [5.74, 6) is -2.65. The molecule has 0 spiro atoms. The standard InChI is InChI=1S/C18H19ClF2N2O5S/c1-10(23(29(4,25)26)11-5-6-13(20)14(21)7-11)18(24)22-15-9-16(27-2)12(19)8-17(15)28-3/h5-10H,1-4H3,(H,22,24). The topological polar surface area (TPSA) is 84.9 Å². The summed E-state index contributed by atoms with van der Waals surface area (Å²) in [5, 5.41) is 2.78. The fourth-order valence-corrected chi connectivity index (χ4v) is 4.02. The first-order chi connectivity index (χ1) is 13.5. The highest BCUT2D eigenvalue weighted by Gasteiger charge is 2.30. The zero-order valence-corrected chi connectivity index (χ0v) is 17.6. The Labute approximate surface area is 172 Å². The Bertz CT molecular complexity index is 1030. The second-order valence-electron chi connectivity index (χ2n) is 6.01. The van der Waals surface area contributed by atoms with Gasteiger partial charge < -0.3 is 14.8 Å². The first kappa shape index (κ1) is 22.7. The van der Waals surface area contributed by atoms with Crippen molar-refractivity contribution in [1.29, 1.82) is 0 Å². The average Bonchev–Trinajstić information content (AvgIpc) is 2.64. The van der Waals surface area contributed by atoms with Gasteiger partial charge in [-0.05, 0) is 19.1 Å². The lowest BCUT2D eigenvalue weighted by molar-refractivity contribution is -0.116. The SMILES string of the molecule is COc1cc(NC(=O)C(C)N(c2ccc(F)c(F)c2)S(C)(=O)=O)c(OC)cc1Cl. The van der Waals surface area contributed by atoms with Crippen molar-refractivity contribution in [3.63, 3.8) is 0 Å². The van der Waals surface area contributed by atoms with Gasteiger partial charge in [-0.25, -0.2) is 17.2 Å². The number of hydrogen-bond donors (Lipinski definition) is 1. The van der Waals surface area contributed by atoms with Crippen LogP contribution in [0.4, 0.5) is 20.2 Å². The molecule has 2 rings (SSSR count). The fraction of sp³-hybridized carbons (Fsp3) is 0.278. The Morgan fingerprint density at radius 2 is 1.72 bits per heavy atom. The van der Waals surface area contributed by atoms with Crippen LogP contribution in [0, 0.1) is 11.6 Å². The number of nitrogens with one attached hydrogen (secondary N) is 1. The molecule has 7 nitrogen and oxygen atoms in total. The third-order valence-corrected chi connectivity index (χ3v) is 5.51. The number of hydrogen-bond acceptors (Lipinski definition) is 5. The van der Waals surface area contributed by atoms with Gasteiger partial charge in [0, 0.05) is 18.2 Å². The van der Waals surface area contributed by atoms with Crippen molar-refractivity contribution in [1.82, 2.24) is 0 Å². The van der Waals surface area contributed by atoms with Crippen molar-refractivity contribution >= 4 is 38.9 Å². The molecular weight excluding hydrogens is 430 g/mol. The second-order valence-corrected chi connectivity index (χ2v) is 8.28. The van der Waals surface area contributed by atoms with Crippen molar-refractivity contribution in [2.45, 2.75) is 13.0 Å². The molecule has 0 radical (unpaired) electrons. The fourth-order valence-electron chi connectivity index (χ4n) is 2.63. The van der Waals surface area contributed by atoms with Crippen molar-refractivity contribution in [3.8, 4) is 11.5 Å². The van der Waals surface area contributed by atoms with Crippen molar-refractivity contribution in [3.05, 3.63) is 47.0 Å². The largest absolute Gasteiger partial charge is 0.495 e. The maximum Gasteiger partial charge on any atom is 0.248 e. The van der Waals surface area contributed by atoms with Crippen LogP contribution in [0.2, 0.25) is 5.02 Å². The Balaban J connectivity index is 2.41. The quantitative estimate of drug-likeness (QED) is 0.701. The number of nitrogens with zero attached hydrogens (tertiary/aromatic N) is 1. The molecule has 0 aromatic heterocycles. The number of rotatable bonds is 7. The number of ether oxygens (including phenoxy) is 2. The summed E-state index contributed by atoms with van der Waals surface area (Å²) in [5.41, 5.74) is -0.0148. The highest BCUT2D eigenvalue weighted by atomic mass is 35.5. The predicted molar refractivity (Wildman–Crippen MR) is 106 cm³/mol. The van der Waals surface area contributed by atoms with Gasteiger partial charge in [0.2, 0.25) is 15.9 Å². The van der Waals surface area contributed by atoms with E-state index in [2.05, 4.69) is 5.32 Å². The number of carbonyl (C=O) groups is 1. The van der Waals surface area contributed by atoms with E-state index in [4.69, 9.17) is 21.1 Å². The molecule has 0 saturated carbocycles. The number of anilines is 2. The molecule has 29 heavy (non-hydrogen) atoms. The van der Waals surface area contributed by atoms with E-state index < -0.39 is 33.6 Å². The van der Waals surface area contributed by atoms with Crippen molar-refractivity contribution in [2.75, 3.05) is 30.1 Å². The molecule has 0 fully saturated rings. The highest BCUT2D eigenvalue weighted by molar-refractivity contribution is 7.92. The Hall–Kier alpha value is -2.59. The Kier molecular flexibility index (Phi) is 6.91. The minimum atomic E-state index is -4.01. The average molecular weight is 449 g/mol. The highest BCUT2D eigenvalue weighted by Crippen LogP contribution is 2.36. The number of sulfonamides is 1. The van der Waals surface area contributed by atoms with Crippen LogP contribution in [-0.4, -0.2) is 40.8 Å². The molecule has 0 bridgehead atoms. The number of methoxy groups -OCH3 is 2. The van der Waals surface area contributed by atoms with Gasteiger partial charge in [0.15, 0.2) is 11.6 Å².